The fraction of sp³-hybridized carbons (Fsp3) is 0.444. The van der Waals surface area contributed by atoms with E-state index in [1.165, 1.54) is 0 Å². The van der Waals surface area contributed by atoms with Crippen molar-refractivity contribution in [3.05, 3.63) is 24.0 Å². The Morgan fingerprint density at radius 1 is 1.58 bits per heavy atom. The first kappa shape index (κ1) is 9.33. The highest BCUT2D eigenvalue weighted by atomic mass is 35.5. The normalized spacial score (nSPS) is 9.83. The zero-order valence-electron chi connectivity index (χ0n) is 7.09. The van der Waals surface area contributed by atoms with Crippen molar-refractivity contribution in [1.29, 1.82) is 0 Å². The highest BCUT2D eigenvalue weighted by Gasteiger charge is 1.97. The Labute approximate surface area is 77.5 Å². The summed E-state index contributed by atoms with van der Waals surface area (Å²) in [7, 11) is 0. The van der Waals surface area contributed by atoms with Gasteiger partial charge in [-0.1, -0.05) is 0 Å². The molecule has 0 N–H and O–H groups in total. The molecule has 0 bridgehead atoms. The number of hydrogen-bond acceptors (Lipinski definition) is 2. The second kappa shape index (κ2) is 4.99. The van der Waals surface area contributed by atoms with Crippen molar-refractivity contribution in [1.82, 2.24) is 4.98 Å². The molecule has 0 saturated heterocycles. The van der Waals surface area contributed by atoms with Gasteiger partial charge >= 0.3 is 0 Å². The van der Waals surface area contributed by atoms with Crippen molar-refractivity contribution in [3.63, 3.8) is 0 Å². The molecule has 0 saturated carbocycles. The second-order valence-corrected chi connectivity index (χ2v) is 2.86. The number of halogens is 1. The third kappa shape index (κ3) is 2.70. The van der Waals surface area contributed by atoms with Gasteiger partial charge in [0.25, 0.3) is 0 Å². The molecule has 0 fully saturated rings. The molecule has 1 rings (SSSR count). The zero-order chi connectivity index (χ0) is 8.81. The van der Waals surface area contributed by atoms with Crippen LogP contribution in [0.1, 0.15) is 12.1 Å². The Bertz CT molecular complexity index is 240. The smallest absolute Gasteiger partial charge is 0.140 e. The summed E-state index contributed by atoms with van der Waals surface area (Å²) >= 11 is 5.51. The van der Waals surface area contributed by atoms with Crippen molar-refractivity contribution < 1.29 is 4.74 Å². The first-order valence-corrected chi connectivity index (χ1v) is 4.48. The number of ether oxygens (including phenoxy) is 1. The summed E-state index contributed by atoms with van der Waals surface area (Å²) in [5.41, 5.74) is 0.923. The van der Waals surface area contributed by atoms with Crippen LogP contribution in [0.15, 0.2) is 18.3 Å². The van der Waals surface area contributed by atoms with Gasteiger partial charge in [-0.3, -0.25) is 4.98 Å². The largest absolute Gasteiger partial charge is 0.492 e. The summed E-state index contributed by atoms with van der Waals surface area (Å²) in [6.45, 7) is 2.59. The van der Waals surface area contributed by atoms with Gasteiger partial charge in [-0.15, -0.1) is 11.6 Å². The minimum absolute atomic E-state index is 0.638. The van der Waals surface area contributed by atoms with Gasteiger partial charge in [0.05, 0.1) is 12.3 Å². The molecular weight excluding hydrogens is 174 g/mol. The Morgan fingerprint density at radius 2 is 2.42 bits per heavy atom. The van der Waals surface area contributed by atoms with E-state index in [1.54, 1.807) is 6.20 Å². The topological polar surface area (TPSA) is 22.1 Å². The number of aryl methyl sites for hydroxylation is 1. The lowest BCUT2D eigenvalue weighted by molar-refractivity contribution is 0.314. The predicted octanol–water partition coefficient (Wildman–Crippen LogP) is 2.40. The van der Waals surface area contributed by atoms with Crippen LogP contribution in [-0.2, 0) is 0 Å². The lowest BCUT2D eigenvalue weighted by Crippen LogP contribution is -1.99. The van der Waals surface area contributed by atoms with E-state index >= 15 is 0 Å². The van der Waals surface area contributed by atoms with Gasteiger partial charge in [0.2, 0.25) is 0 Å². The molecule has 0 aromatic carbocycles. The number of pyridine rings is 1. The molecule has 0 radical (unpaired) electrons. The van der Waals surface area contributed by atoms with Crippen LogP contribution in [0.2, 0.25) is 0 Å². The fourth-order valence-corrected chi connectivity index (χ4v) is 0.968. The summed E-state index contributed by atoms with van der Waals surface area (Å²) in [6, 6.07) is 3.78. The van der Waals surface area contributed by atoms with Gasteiger partial charge in [-0.25, -0.2) is 0 Å². The lowest BCUT2D eigenvalue weighted by atomic mass is 10.3. The molecule has 3 heteroatoms. The number of hydrogen-bond donors (Lipinski definition) is 0. The summed E-state index contributed by atoms with van der Waals surface area (Å²) in [5, 5.41) is 0. The molecule has 0 spiro atoms. The van der Waals surface area contributed by atoms with Gasteiger partial charge in [0.1, 0.15) is 5.75 Å². The minimum Gasteiger partial charge on any atom is -0.492 e. The molecular formula is C9H12ClNO. The lowest BCUT2D eigenvalue weighted by Gasteiger charge is -2.05. The molecule has 1 aromatic rings. The van der Waals surface area contributed by atoms with Crippen molar-refractivity contribution in [3.8, 4) is 5.75 Å². The molecule has 0 aliphatic heterocycles. The molecule has 0 amide bonds. The predicted molar refractivity (Wildman–Crippen MR) is 49.8 cm³/mol. The standard InChI is InChI=1S/C9H12ClNO/c1-8-9(4-2-6-11-8)12-7-3-5-10/h2,4,6H,3,5,7H2,1H3. The zero-order valence-corrected chi connectivity index (χ0v) is 7.84. The quantitative estimate of drug-likeness (QED) is 0.531. The Morgan fingerprint density at radius 3 is 3.08 bits per heavy atom. The van der Waals surface area contributed by atoms with E-state index in [0.29, 0.717) is 12.5 Å². The van der Waals surface area contributed by atoms with E-state index in [9.17, 15) is 0 Å². The van der Waals surface area contributed by atoms with E-state index in [-0.39, 0.29) is 0 Å². The third-order valence-electron chi connectivity index (χ3n) is 1.49. The second-order valence-electron chi connectivity index (χ2n) is 2.48. The van der Waals surface area contributed by atoms with E-state index in [2.05, 4.69) is 4.98 Å². The Hall–Kier alpha value is -0.760. The van der Waals surface area contributed by atoms with E-state index in [1.807, 2.05) is 19.1 Å². The number of alkyl halides is 1. The maximum atomic E-state index is 5.51. The van der Waals surface area contributed by atoms with Crippen molar-refractivity contribution >= 4 is 11.6 Å². The van der Waals surface area contributed by atoms with Gasteiger partial charge < -0.3 is 4.74 Å². The van der Waals surface area contributed by atoms with Crippen molar-refractivity contribution in [2.24, 2.45) is 0 Å². The Kier molecular flexibility index (Phi) is 3.88. The van der Waals surface area contributed by atoms with Crippen molar-refractivity contribution in [2.45, 2.75) is 13.3 Å². The SMILES string of the molecule is Cc1ncccc1OCCCCl. The van der Waals surface area contributed by atoms with E-state index in [0.717, 1.165) is 17.9 Å². The van der Waals surface area contributed by atoms with Crippen LogP contribution in [-0.4, -0.2) is 17.5 Å². The van der Waals surface area contributed by atoms with Crippen molar-refractivity contribution in [2.75, 3.05) is 12.5 Å². The summed E-state index contributed by atoms with van der Waals surface area (Å²) < 4.78 is 5.43. The minimum atomic E-state index is 0.638. The molecule has 1 aromatic heterocycles. The molecule has 12 heavy (non-hydrogen) atoms. The maximum Gasteiger partial charge on any atom is 0.140 e. The van der Waals surface area contributed by atoms with Gasteiger partial charge in [0.15, 0.2) is 0 Å². The first-order valence-electron chi connectivity index (χ1n) is 3.95. The number of nitrogens with zero attached hydrogens (tertiary/aromatic N) is 1. The summed E-state index contributed by atoms with van der Waals surface area (Å²) in [6.07, 6.45) is 2.62. The molecule has 0 aliphatic rings. The summed E-state index contributed by atoms with van der Waals surface area (Å²) in [5.74, 6) is 1.49. The Balaban J connectivity index is 2.46. The van der Waals surface area contributed by atoms with Crippen LogP contribution >= 0.6 is 11.6 Å². The van der Waals surface area contributed by atoms with Crippen LogP contribution in [0, 0.1) is 6.92 Å². The highest BCUT2D eigenvalue weighted by molar-refractivity contribution is 6.17. The van der Waals surface area contributed by atoms with Crippen LogP contribution < -0.4 is 4.74 Å². The van der Waals surface area contributed by atoms with Gasteiger partial charge in [-0.05, 0) is 25.5 Å². The maximum absolute atomic E-state index is 5.51. The molecule has 0 atom stereocenters. The first-order chi connectivity index (χ1) is 5.84. The third-order valence-corrected chi connectivity index (χ3v) is 1.76. The monoisotopic (exact) mass is 185 g/mol. The molecule has 0 unspecified atom stereocenters. The fourth-order valence-electron chi connectivity index (χ4n) is 0.859. The van der Waals surface area contributed by atoms with Crippen LogP contribution in [0.3, 0.4) is 0 Å². The summed E-state index contributed by atoms with van der Waals surface area (Å²) in [4.78, 5) is 4.10. The van der Waals surface area contributed by atoms with Gasteiger partial charge in [-0.2, -0.15) is 0 Å². The van der Waals surface area contributed by atoms with Crippen LogP contribution in [0.5, 0.6) is 5.75 Å². The van der Waals surface area contributed by atoms with E-state index < -0.39 is 0 Å². The van der Waals surface area contributed by atoms with E-state index in [4.69, 9.17) is 16.3 Å². The molecule has 2 nitrogen and oxygen atoms in total. The number of rotatable bonds is 4. The van der Waals surface area contributed by atoms with Crippen LogP contribution in [0.25, 0.3) is 0 Å². The molecule has 0 aliphatic carbocycles. The highest BCUT2D eigenvalue weighted by Crippen LogP contribution is 2.13. The average molecular weight is 186 g/mol. The number of aromatic nitrogens is 1. The molecule has 1 heterocycles. The van der Waals surface area contributed by atoms with Gasteiger partial charge in [0, 0.05) is 12.1 Å². The average Bonchev–Trinajstić information content (AvgIpc) is 2.09. The molecule has 66 valence electrons. The van der Waals surface area contributed by atoms with Crippen LogP contribution in [0.4, 0.5) is 0 Å².